The van der Waals surface area contributed by atoms with Gasteiger partial charge < -0.3 is 21.8 Å². The Morgan fingerprint density at radius 1 is 1.14 bits per heavy atom. The van der Waals surface area contributed by atoms with E-state index in [0.717, 1.165) is 27.7 Å². The van der Waals surface area contributed by atoms with Gasteiger partial charge >= 0.3 is 0 Å². The molecular formula is C20H26Cl3N5O. The fourth-order valence-electron chi connectivity index (χ4n) is 2.89. The first-order valence-corrected chi connectivity index (χ1v) is 8.58. The van der Waals surface area contributed by atoms with Crippen LogP contribution in [-0.2, 0) is 17.8 Å². The number of aromatic amines is 1. The minimum absolute atomic E-state index is 0. The number of fused-ring (bicyclic) bond motifs is 1. The first-order chi connectivity index (χ1) is 12.7. The molecule has 0 unspecified atom stereocenters. The molecule has 158 valence electrons. The van der Waals surface area contributed by atoms with Gasteiger partial charge in [-0.15, -0.1) is 37.2 Å². The van der Waals surface area contributed by atoms with Crippen LogP contribution in [0.4, 0.5) is 0 Å². The lowest BCUT2D eigenvalue weighted by Crippen LogP contribution is -2.40. The molecule has 0 aliphatic carbocycles. The molecular weight excluding hydrogens is 433 g/mol. The molecule has 0 fully saturated rings. The summed E-state index contributed by atoms with van der Waals surface area (Å²) in [5.74, 6) is -0.173. The SMILES string of the molecule is Cl.Cl.Cl.NCc1cccc(C[C@@H](CN)NC(=O)/C=C/c2c[nH]c3ncccc23)c1. The highest BCUT2D eigenvalue weighted by Crippen LogP contribution is 2.16. The Morgan fingerprint density at radius 3 is 2.62 bits per heavy atom. The molecule has 1 amide bonds. The normalized spacial score (nSPS) is 11.2. The molecule has 3 aromatic rings. The Hall–Kier alpha value is -2.09. The van der Waals surface area contributed by atoms with Crippen molar-refractivity contribution in [3.05, 3.63) is 71.6 Å². The monoisotopic (exact) mass is 457 g/mol. The molecule has 0 spiro atoms. The third-order valence-corrected chi connectivity index (χ3v) is 4.24. The van der Waals surface area contributed by atoms with Gasteiger partial charge in [0.25, 0.3) is 0 Å². The van der Waals surface area contributed by atoms with E-state index in [-0.39, 0.29) is 49.2 Å². The number of aromatic nitrogens is 2. The number of halogens is 3. The molecule has 2 heterocycles. The van der Waals surface area contributed by atoms with Crippen LogP contribution in [0, 0.1) is 0 Å². The van der Waals surface area contributed by atoms with Gasteiger partial charge in [-0.2, -0.15) is 0 Å². The second kappa shape index (κ2) is 13.2. The molecule has 6 N–H and O–H groups in total. The Morgan fingerprint density at radius 2 is 1.90 bits per heavy atom. The summed E-state index contributed by atoms with van der Waals surface area (Å²) < 4.78 is 0. The summed E-state index contributed by atoms with van der Waals surface area (Å²) in [4.78, 5) is 19.6. The molecule has 2 aromatic heterocycles. The fraction of sp³-hybridized carbons (Fsp3) is 0.200. The van der Waals surface area contributed by atoms with Gasteiger partial charge in [-0.1, -0.05) is 24.3 Å². The van der Waals surface area contributed by atoms with Crippen molar-refractivity contribution in [1.82, 2.24) is 15.3 Å². The number of benzene rings is 1. The van der Waals surface area contributed by atoms with E-state index in [2.05, 4.69) is 15.3 Å². The van der Waals surface area contributed by atoms with E-state index in [1.807, 2.05) is 42.6 Å². The van der Waals surface area contributed by atoms with Crippen molar-refractivity contribution < 1.29 is 4.79 Å². The van der Waals surface area contributed by atoms with Gasteiger partial charge in [-0.05, 0) is 35.8 Å². The van der Waals surface area contributed by atoms with Gasteiger partial charge in [0.1, 0.15) is 5.65 Å². The second-order valence-electron chi connectivity index (χ2n) is 6.15. The van der Waals surface area contributed by atoms with Crippen LogP contribution in [0.25, 0.3) is 17.1 Å². The van der Waals surface area contributed by atoms with Gasteiger partial charge in [-0.25, -0.2) is 4.98 Å². The zero-order valence-corrected chi connectivity index (χ0v) is 18.2. The number of hydrogen-bond acceptors (Lipinski definition) is 4. The molecule has 3 rings (SSSR count). The highest BCUT2D eigenvalue weighted by Gasteiger charge is 2.10. The minimum Gasteiger partial charge on any atom is -0.348 e. The van der Waals surface area contributed by atoms with E-state index >= 15 is 0 Å². The maximum atomic E-state index is 12.3. The second-order valence-corrected chi connectivity index (χ2v) is 6.15. The number of nitrogens with two attached hydrogens (primary N) is 2. The molecule has 0 bridgehead atoms. The molecule has 29 heavy (non-hydrogen) atoms. The number of nitrogens with one attached hydrogen (secondary N) is 2. The maximum absolute atomic E-state index is 12.3. The number of rotatable bonds is 7. The van der Waals surface area contributed by atoms with E-state index in [9.17, 15) is 4.79 Å². The molecule has 1 atom stereocenters. The summed E-state index contributed by atoms with van der Waals surface area (Å²) in [5.41, 5.74) is 15.4. The van der Waals surface area contributed by atoms with Crippen molar-refractivity contribution >= 4 is 60.2 Å². The fourth-order valence-corrected chi connectivity index (χ4v) is 2.89. The number of amides is 1. The smallest absolute Gasteiger partial charge is 0.244 e. The molecule has 0 radical (unpaired) electrons. The number of H-pyrrole nitrogens is 1. The van der Waals surface area contributed by atoms with Crippen LogP contribution in [0.1, 0.15) is 16.7 Å². The third kappa shape index (κ3) is 7.34. The van der Waals surface area contributed by atoms with Crippen LogP contribution in [0.3, 0.4) is 0 Å². The zero-order valence-electron chi connectivity index (χ0n) is 15.7. The van der Waals surface area contributed by atoms with E-state index < -0.39 is 0 Å². The van der Waals surface area contributed by atoms with Crippen molar-refractivity contribution in [1.29, 1.82) is 0 Å². The summed E-state index contributed by atoms with van der Waals surface area (Å²) in [5, 5.41) is 3.93. The van der Waals surface area contributed by atoms with E-state index in [4.69, 9.17) is 11.5 Å². The largest absolute Gasteiger partial charge is 0.348 e. The van der Waals surface area contributed by atoms with Crippen LogP contribution < -0.4 is 16.8 Å². The first kappa shape index (κ1) is 26.9. The quantitative estimate of drug-likeness (QED) is 0.408. The van der Waals surface area contributed by atoms with E-state index in [0.29, 0.717) is 19.5 Å². The summed E-state index contributed by atoms with van der Waals surface area (Å²) in [7, 11) is 0. The standard InChI is InChI=1S/C20H23N5O.3ClH/c21-11-15-4-1-3-14(9-15)10-17(12-22)25-19(26)7-6-16-13-24-20-18(16)5-2-8-23-20;;;/h1-9,13,17H,10-12,21-22H2,(H,23,24)(H,25,26);3*1H/b7-6+;;;/t17-;;;/m0.../s1. The van der Waals surface area contributed by atoms with Crippen LogP contribution in [0.15, 0.2) is 54.9 Å². The van der Waals surface area contributed by atoms with Gasteiger partial charge in [0.2, 0.25) is 5.91 Å². The predicted molar refractivity (Wildman–Crippen MR) is 126 cm³/mol. The average Bonchev–Trinajstić information content (AvgIpc) is 3.09. The highest BCUT2D eigenvalue weighted by molar-refractivity contribution is 5.95. The van der Waals surface area contributed by atoms with E-state index in [1.54, 1.807) is 12.3 Å². The third-order valence-electron chi connectivity index (χ3n) is 4.24. The molecule has 6 nitrogen and oxygen atoms in total. The van der Waals surface area contributed by atoms with Crippen LogP contribution in [0.5, 0.6) is 0 Å². The number of hydrogen-bond donors (Lipinski definition) is 4. The average molecular weight is 459 g/mol. The van der Waals surface area contributed by atoms with Crippen LogP contribution in [-0.4, -0.2) is 28.5 Å². The van der Waals surface area contributed by atoms with Crippen molar-refractivity contribution in [2.75, 3.05) is 6.54 Å². The van der Waals surface area contributed by atoms with Crippen molar-refractivity contribution in [2.45, 2.75) is 19.0 Å². The summed E-state index contributed by atoms with van der Waals surface area (Å²) in [6.45, 7) is 0.860. The molecule has 0 saturated heterocycles. The van der Waals surface area contributed by atoms with Crippen LogP contribution >= 0.6 is 37.2 Å². The number of carbonyl (C=O) groups is 1. The zero-order chi connectivity index (χ0) is 18.4. The minimum atomic E-state index is -0.173. The lowest BCUT2D eigenvalue weighted by Gasteiger charge is -2.16. The van der Waals surface area contributed by atoms with Gasteiger partial charge in [0.05, 0.1) is 0 Å². The first-order valence-electron chi connectivity index (χ1n) is 8.58. The molecule has 1 aromatic carbocycles. The van der Waals surface area contributed by atoms with E-state index in [1.165, 1.54) is 6.08 Å². The lowest BCUT2D eigenvalue weighted by atomic mass is 10.0. The van der Waals surface area contributed by atoms with Crippen molar-refractivity contribution in [3.63, 3.8) is 0 Å². The van der Waals surface area contributed by atoms with Crippen molar-refractivity contribution in [3.8, 4) is 0 Å². The number of nitrogens with zero attached hydrogens (tertiary/aromatic N) is 1. The van der Waals surface area contributed by atoms with Crippen LogP contribution in [0.2, 0.25) is 0 Å². The summed E-state index contributed by atoms with van der Waals surface area (Å²) in [6.07, 6.45) is 7.53. The van der Waals surface area contributed by atoms with Gasteiger partial charge in [-0.3, -0.25) is 4.79 Å². The Balaban J connectivity index is 0.00000261. The highest BCUT2D eigenvalue weighted by atomic mass is 35.5. The topological polar surface area (TPSA) is 110 Å². The lowest BCUT2D eigenvalue weighted by molar-refractivity contribution is -0.117. The Bertz CT molecular complexity index is 929. The molecule has 9 heteroatoms. The Kier molecular flexibility index (Phi) is 12.2. The molecule has 0 aliphatic heterocycles. The molecule has 0 saturated carbocycles. The number of carbonyl (C=O) groups excluding carboxylic acids is 1. The van der Waals surface area contributed by atoms with Gasteiger partial charge in [0, 0.05) is 48.6 Å². The molecule has 0 aliphatic rings. The maximum Gasteiger partial charge on any atom is 0.244 e. The van der Waals surface area contributed by atoms with Gasteiger partial charge in [0.15, 0.2) is 0 Å². The summed E-state index contributed by atoms with van der Waals surface area (Å²) >= 11 is 0. The summed E-state index contributed by atoms with van der Waals surface area (Å²) in [6, 6.07) is 11.7. The predicted octanol–water partition coefficient (Wildman–Crippen LogP) is 2.99. The number of pyridine rings is 1. The van der Waals surface area contributed by atoms with Crippen molar-refractivity contribution in [2.24, 2.45) is 11.5 Å². The Labute approximate surface area is 188 Å².